The molecular formula is C20H24N4O3S. The molecule has 0 aliphatic heterocycles. The number of sulfonamides is 1. The third-order valence-corrected chi connectivity index (χ3v) is 7.36. The summed E-state index contributed by atoms with van der Waals surface area (Å²) in [6, 6.07) is 8.07. The lowest BCUT2D eigenvalue weighted by Gasteiger charge is -2.22. The maximum atomic E-state index is 12.8. The number of carbonyl (C=O) groups is 1. The molecule has 0 unspecified atom stereocenters. The first-order valence-corrected chi connectivity index (χ1v) is 11.3. The first-order chi connectivity index (χ1) is 13.5. The van der Waals surface area contributed by atoms with Gasteiger partial charge in [-0.2, -0.15) is 0 Å². The number of benzene rings is 1. The van der Waals surface area contributed by atoms with Crippen molar-refractivity contribution in [3.8, 4) is 0 Å². The summed E-state index contributed by atoms with van der Waals surface area (Å²) in [5.74, 6) is -0.409. The number of carbonyl (C=O) groups excluding carboxylic acids is 1. The van der Waals surface area contributed by atoms with Crippen molar-refractivity contribution in [2.45, 2.75) is 56.2 Å². The van der Waals surface area contributed by atoms with Gasteiger partial charge in [-0.15, -0.1) is 0 Å². The molecule has 0 saturated heterocycles. The van der Waals surface area contributed by atoms with E-state index in [1.165, 1.54) is 23.5 Å². The van der Waals surface area contributed by atoms with Gasteiger partial charge in [0.2, 0.25) is 10.0 Å². The monoisotopic (exact) mass is 400 g/mol. The molecule has 0 spiro atoms. The fourth-order valence-corrected chi connectivity index (χ4v) is 5.63. The third kappa shape index (κ3) is 4.01. The predicted molar refractivity (Wildman–Crippen MR) is 107 cm³/mol. The number of nitrogens with zero attached hydrogens (tertiary/aromatic N) is 2. The molecule has 7 nitrogen and oxygen atoms in total. The van der Waals surface area contributed by atoms with E-state index in [0.29, 0.717) is 12.8 Å². The Morgan fingerprint density at radius 1 is 0.964 bits per heavy atom. The first-order valence-electron chi connectivity index (χ1n) is 9.73. The molecule has 28 heavy (non-hydrogen) atoms. The number of hydrogen-bond acceptors (Lipinski definition) is 5. The molecule has 1 amide bonds. The summed E-state index contributed by atoms with van der Waals surface area (Å²) in [5, 5.41) is 2.53. The van der Waals surface area contributed by atoms with Crippen LogP contribution in [0.1, 0.15) is 53.7 Å². The van der Waals surface area contributed by atoms with Crippen molar-refractivity contribution in [2.24, 2.45) is 0 Å². The summed E-state index contributed by atoms with van der Waals surface area (Å²) in [4.78, 5) is 21.0. The summed E-state index contributed by atoms with van der Waals surface area (Å²) in [5.41, 5.74) is 2.47. The minimum absolute atomic E-state index is 0.00100. The van der Waals surface area contributed by atoms with Gasteiger partial charge in [0.1, 0.15) is 0 Å². The second-order valence-electron chi connectivity index (χ2n) is 7.51. The second kappa shape index (κ2) is 7.87. The van der Waals surface area contributed by atoms with Gasteiger partial charge >= 0.3 is 0 Å². The van der Waals surface area contributed by atoms with E-state index < -0.39 is 21.2 Å². The number of hydrogen-bond donors (Lipinski definition) is 2. The zero-order valence-electron chi connectivity index (χ0n) is 15.6. The van der Waals surface area contributed by atoms with Gasteiger partial charge < -0.3 is 5.32 Å². The maximum absolute atomic E-state index is 12.8. The van der Waals surface area contributed by atoms with Crippen molar-refractivity contribution in [3.05, 3.63) is 53.5 Å². The van der Waals surface area contributed by atoms with Gasteiger partial charge in [0.15, 0.2) is 11.5 Å². The minimum Gasteiger partial charge on any atom is -0.347 e. The second-order valence-corrected chi connectivity index (χ2v) is 9.47. The Hall–Kier alpha value is -2.48. The van der Waals surface area contributed by atoms with Gasteiger partial charge in [0.25, 0.3) is 5.91 Å². The molecule has 1 fully saturated rings. The topological polar surface area (TPSA) is 101 Å². The lowest BCUT2D eigenvalue weighted by molar-refractivity contribution is 0.0934. The van der Waals surface area contributed by atoms with Crippen LogP contribution in [0.4, 0.5) is 5.82 Å². The summed E-state index contributed by atoms with van der Waals surface area (Å²) in [6.45, 7) is 0. The van der Waals surface area contributed by atoms with E-state index in [2.05, 4.69) is 32.1 Å². The SMILES string of the molecule is O=C(NC1Cc2ccccc2C1)c1nccnc1NS(=O)(=O)C1CCCCC1. The standard InChI is InChI=1S/C20H24N4O3S/c25-20(23-16-12-14-6-4-5-7-15(14)13-16)18-19(22-11-10-21-18)24-28(26,27)17-8-2-1-3-9-17/h4-7,10-11,16-17H,1-3,8-9,12-13H2,(H,22,24)(H,23,25). The zero-order chi connectivity index (χ0) is 19.6. The first kappa shape index (κ1) is 18.9. The van der Waals surface area contributed by atoms with Crippen molar-refractivity contribution in [3.63, 3.8) is 0 Å². The van der Waals surface area contributed by atoms with E-state index in [1.54, 1.807) is 0 Å². The molecule has 4 rings (SSSR count). The van der Waals surface area contributed by atoms with Crippen LogP contribution in [0.3, 0.4) is 0 Å². The quantitative estimate of drug-likeness (QED) is 0.803. The Balaban J connectivity index is 1.47. The molecule has 1 aromatic carbocycles. The average Bonchev–Trinajstić information content (AvgIpc) is 3.11. The van der Waals surface area contributed by atoms with Crippen molar-refractivity contribution in [1.82, 2.24) is 15.3 Å². The van der Waals surface area contributed by atoms with E-state index in [0.717, 1.165) is 32.1 Å². The molecule has 1 saturated carbocycles. The molecular weight excluding hydrogens is 376 g/mol. The highest BCUT2D eigenvalue weighted by molar-refractivity contribution is 7.93. The number of rotatable bonds is 5. The van der Waals surface area contributed by atoms with Gasteiger partial charge in [-0.3, -0.25) is 9.52 Å². The number of amides is 1. The fraction of sp³-hybridized carbons (Fsp3) is 0.450. The van der Waals surface area contributed by atoms with Crippen molar-refractivity contribution < 1.29 is 13.2 Å². The van der Waals surface area contributed by atoms with Crippen molar-refractivity contribution >= 4 is 21.7 Å². The normalized spacial score (nSPS) is 17.9. The summed E-state index contributed by atoms with van der Waals surface area (Å²) < 4.78 is 27.9. The lowest BCUT2D eigenvalue weighted by atomic mass is 10.0. The summed E-state index contributed by atoms with van der Waals surface area (Å²) >= 11 is 0. The van der Waals surface area contributed by atoms with E-state index in [-0.39, 0.29) is 17.6 Å². The molecule has 1 heterocycles. The van der Waals surface area contributed by atoms with E-state index in [9.17, 15) is 13.2 Å². The van der Waals surface area contributed by atoms with E-state index in [4.69, 9.17) is 0 Å². The summed E-state index contributed by atoms with van der Waals surface area (Å²) in [7, 11) is -3.60. The Labute approximate surface area is 165 Å². The Morgan fingerprint density at radius 2 is 1.61 bits per heavy atom. The molecule has 0 radical (unpaired) electrons. The molecule has 1 aromatic heterocycles. The minimum atomic E-state index is -3.60. The van der Waals surface area contributed by atoms with Crippen LogP contribution in [0.2, 0.25) is 0 Å². The van der Waals surface area contributed by atoms with Crippen LogP contribution in [0.5, 0.6) is 0 Å². The van der Waals surface area contributed by atoms with Crippen LogP contribution < -0.4 is 10.0 Å². The van der Waals surface area contributed by atoms with Gasteiger partial charge in [0.05, 0.1) is 5.25 Å². The largest absolute Gasteiger partial charge is 0.347 e. The van der Waals surface area contributed by atoms with E-state index >= 15 is 0 Å². The molecule has 0 bridgehead atoms. The average molecular weight is 401 g/mol. The zero-order valence-corrected chi connectivity index (χ0v) is 16.4. The molecule has 8 heteroatoms. The highest BCUT2D eigenvalue weighted by Gasteiger charge is 2.30. The van der Waals surface area contributed by atoms with Gasteiger partial charge in [-0.25, -0.2) is 18.4 Å². The van der Waals surface area contributed by atoms with E-state index in [1.807, 2.05) is 12.1 Å². The fourth-order valence-electron chi connectivity index (χ4n) is 4.09. The van der Waals surface area contributed by atoms with Crippen molar-refractivity contribution in [2.75, 3.05) is 4.72 Å². The molecule has 2 aliphatic carbocycles. The summed E-state index contributed by atoms with van der Waals surface area (Å²) in [6.07, 6.45) is 8.45. The van der Waals surface area contributed by atoms with Crippen LogP contribution in [0.25, 0.3) is 0 Å². The Bertz CT molecular complexity index is 946. The van der Waals surface area contributed by atoms with Gasteiger partial charge in [-0.1, -0.05) is 43.5 Å². The van der Waals surface area contributed by atoms with Crippen LogP contribution in [-0.4, -0.2) is 35.6 Å². The molecule has 2 aromatic rings. The highest BCUT2D eigenvalue weighted by Crippen LogP contribution is 2.26. The number of anilines is 1. The lowest BCUT2D eigenvalue weighted by Crippen LogP contribution is -2.37. The number of aromatic nitrogens is 2. The molecule has 148 valence electrons. The van der Waals surface area contributed by atoms with Crippen LogP contribution >= 0.6 is 0 Å². The highest BCUT2D eigenvalue weighted by atomic mass is 32.2. The Kier molecular flexibility index (Phi) is 5.30. The number of fused-ring (bicyclic) bond motifs is 1. The van der Waals surface area contributed by atoms with Crippen LogP contribution in [0.15, 0.2) is 36.7 Å². The maximum Gasteiger partial charge on any atom is 0.274 e. The van der Waals surface area contributed by atoms with Gasteiger partial charge in [-0.05, 0) is 36.8 Å². The third-order valence-electron chi connectivity index (χ3n) is 5.53. The molecule has 2 aliphatic rings. The Morgan fingerprint density at radius 3 is 2.29 bits per heavy atom. The van der Waals surface area contributed by atoms with Crippen molar-refractivity contribution in [1.29, 1.82) is 0 Å². The predicted octanol–water partition coefficient (Wildman–Crippen LogP) is 2.45. The van der Waals surface area contributed by atoms with Crippen LogP contribution in [0, 0.1) is 0 Å². The molecule has 2 N–H and O–H groups in total. The number of nitrogens with one attached hydrogen (secondary N) is 2. The van der Waals surface area contributed by atoms with Crippen LogP contribution in [-0.2, 0) is 22.9 Å². The molecule has 0 atom stereocenters. The smallest absolute Gasteiger partial charge is 0.274 e. The van der Waals surface area contributed by atoms with Gasteiger partial charge in [0, 0.05) is 18.4 Å².